The summed E-state index contributed by atoms with van der Waals surface area (Å²) in [5, 5.41) is 0.169. The predicted octanol–water partition coefficient (Wildman–Crippen LogP) is 3.24. The highest BCUT2D eigenvalue weighted by Gasteiger charge is 2.33. The molecule has 6 rings (SSSR count). The third-order valence-corrected chi connectivity index (χ3v) is 11.6. The molecule has 3 aliphatic rings. The molecule has 2 aromatic carbocycles. The van der Waals surface area contributed by atoms with Crippen molar-refractivity contribution < 1.29 is 31.6 Å². The van der Waals surface area contributed by atoms with Crippen molar-refractivity contribution in [2.24, 2.45) is 0 Å². The summed E-state index contributed by atoms with van der Waals surface area (Å²) < 4.78 is 55.0. The fourth-order valence-electron chi connectivity index (χ4n) is 7.02. The summed E-state index contributed by atoms with van der Waals surface area (Å²) in [5.41, 5.74) is 3.09. The Hall–Kier alpha value is -3.56. The summed E-state index contributed by atoms with van der Waals surface area (Å²) in [6.07, 6.45) is 1.69. The van der Waals surface area contributed by atoms with E-state index in [1.165, 1.54) is 4.90 Å². The lowest BCUT2D eigenvalue weighted by atomic mass is 9.92. The molecule has 3 aromatic rings. The quantitative estimate of drug-likeness (QED) is 0.369. The Morgan fingerprint density at radius 1 is 1.08 bits per heavy atom. The summed E-state index contributed by atoms with van der Waals surface area (Å²) in [6, 6.07) is 4.57. The van der Waals surface area contributed by atoms with Crippen molar-refractivity contribution in [2.75, 3.05) is 64.9 Å². The van der Waals surface area contributed by atoms with Gasteiger partial charge in [-0.05, 0) is 69.5 Å². The van der Waals surface area contributed by atoms with Gasteiger partial charge in [0, 0.05) is 63.0 Å². The van der Waals surface area contributed by atoms with Gasteiger partial charge in [-0.15, -0.1) is 0 Å². The molecule has 0 bridgehead atoms. The lowest BCUT2D eigenvalue weighted by molar-refractivity contribution is 0.0727. The minimum absolute atomic E-state index is 0.1000. The van der Waals surface area contributed by atoms with Crippen LogP contribution in [0.25, 0.3) is 11.0 Å². The lowest BCUT2D eigenvalue weighted by Gasteiger charge is -2.41. The number of fused-ring (bicyclic) bond motifs is 3. The van der Waals surface area contributed by atoms with Crippen LogP contribution in [-0.4, -0.2) is 100 Å². The van der Waals surface area contributed by atoms with Crippen molar-refractivity contribution in [2.45, 2.75) is 45.7 Å². The molecule has 2 fully saturated rings. The fourth-order valence-corrected chi connectivity index (χ4v) is 8.48. The number of likely N-dealkylation sites (N-methyl/N-ethyl adjacent to an activating group) is 1. The zero-order valence-electron chi connectivity index (χ0n) is 27.4. The van der Waals surface area contributed by atoms with E-state index < -0.39 is 49.6 Å². The van der Waals surface area contributed by atoms with Crippen LogP contribution in [0.5, 0.6) is 0 Å². The average molecular weight is 704 g/mol. The van der Waals surface area contributed by atoms with Crippen molar-refractivity contribution >= 4 is 50.3 Å². The average Bonchev–Trinajstić information content (AvgIpc) is 3.61. The molecule has 0 unspecified atom stereocenters. The number of benzene rings is 2. The number of anilines is 1. The monoisotopic (exact) mass is 703 g/mol. The standard InChI is InChI=1S/C33H39ClFN5O7S/c1-19-15-26(38-14-13-37(3)21(16-38)18-46-4)20(2)30-27(19)22-9-12-39(17-25(22)33(43)47-30)32(42)24-8-7-23(28(34)29(24)35)31(41)36-48(44,45)40-10-5-6-11-40/h7-8,15,21H,5-6,9-14,16-18H2,1-4H3,(H,36,41)/t21-/m1/s1. The first-order valence-corrected chi connectivity index (χ1v) is 17.8. The molecular formula is C33H39ClFN5O7S. The van der Waals surface area contributed by atoms with Crippen molar-refractivity contribution in [3.63, 3.8) is 0 Å². The number of ether oxygens (including phenoxy) is 1. The van der Waals surface area contributed by atoms with E-state index in [4.69, 9.17) is 20.8 Å². The van der Waals surface area contributed by atoms with Crippen LogP contribution in [0, 0.1) is 19.7 Å². The number of rotatable bonds is 7. The Morgan fingerprint density at radius 2 is 1.79 bits per heavy atom. The van der Waals surface area contributed by atoms with Gasteiger partial charge in [0.1, 0.15) is 5.58 Å². The number of methoxy groups -OCH3 is 1. The summed E-state index contributed by atoms with van der Waals surface area (Å²) in [6.45, 7) is 7.65. The highest BCUT2D eigenvalue weighted by Crippen LogP contribution is 2.36. The molecule has 12 nitrogen and oxygen atoms in total. The largest absolute Gasteiger partial charge is 0.422 e. The second-order valence-electron chi connectivity index (χ2n) is 12.7. The number of halogens is 2. The summed E-state index contributed by atoms with van der Waals surface area (Å²) in [5.74, 6) is -2.97. The molecule has 0 saturated carbocycles. The summed E-state index contributed by atoms with van der Waals surface area (Å²) in [7, 11) is -0.340. The Morgan fingerprint density at radius 3 is 2.50 bits per heavy atom. The van der Waals surface area contributed by atoms with Gasteiger partial charge >= 0.3 is 15.8 Å². The van der Waals surface area contributed by atoms with E-state index in [0.717, 1.165) is 63.8 Å². The molecule has 0 spiro atoms. The van der Waals surface area contributed by atoms with E-state index >= 15 is 4.39 Å². The number of piperazine rings is 1. The van der Waals surface area contributed by atoms with Crippen LogP contribution in [0.1, 0.15) is 55.8 Å². The minimum Gasteiger partial charge on any atom is -0.422 e. The summed E-state index contributed by atoms with van der Waals surface area (Å²) >= 11 is 6.18. The lowest BCUT2D eigenvalue weighted by Crippen LogP contribution is -2.53. The van der Waals surface area contributed by atoms with Gasteiger partial charge in [0.15, 0.2) is 5.82 Å². The highest BCUT2D eigenvalue weighted by molar-refractivity contribution is 7.87. The molecule has 4 heterocycles. The number of aryl methyl sites for hydroxylation is 2. The molecular weight excluding hydrogens is 665 g/mol. The first-order chi connectivity index (χ1) is 22.8. The van der Waals surface area contributed by atoms with Crippen LogP contribution in [0.4, 0.5) is 10.1 Å². The number of nitrogens with one attached hydrogen (secondary N) is 1. The predicted molar refractivity (Wildman–Crippen MR) is 180 cm³/mol. The second kappa shape index (κ2) is 13.4. The van der Waals surface area contributed by atoms with Gasteiger partial charge in [0.05, 0.1) is 40.9 Å². The van der Waals surface area contributed by atoms with E-state index in [0.29, 0.717) is 37.0 Å². The molecule has 3 aliphatic heterocycles. The smallest absolute Gasteiger partial charge is 0.341 e. The number of amides is 2. The van der Waals surface area contributed by atoms with E-state index in [1.807, 2.05) is 18.6 Å². The molecule has 48 heavy (non-hydrogen) atoms. The number of carbonyl (C=O) groups excluding carboxylic acids is 2. The van der Waals surface area contributed by atoms with Crippen LogP contribution < -0.4 is 15.2 Å². The first kappa shape index (κ1) is 34.3. The van der Waals surface area contributed by atoms with E-state index in [-0.39, 0.29) is 32.2 Å². The molecule has 1 atom stereocenters. The van der Waals surface area contributed by atoms with E-state index in [2.05, 4.69) is 22.9 Å². The van der Waals surface area contributed by atoms with Gasteiger partial charge in [-0.1, -0.05) is 11.6 Å². The van der Waals surface area contributed by atoms with Gasteiger partial charge < -0.3 is 19.0 Å². The third kappa shape index (κ3) is 6.20. The number of hydrogen-bond acceptors (Lipinski definition) is 9. The van der Waals surface area contributed by atoms with Crippen LogP contribution in [-0.2, 0) is 27.9 Å². The maximum absolute atomic E-state index is 15.5. The van der Waals surface area contributed by atoms with Crippen molar-refractivity contribution in [3.8, 4) is 0 Å². The van der Waals surface area contributed by atoms with Gasteiger partial charge in [-0.3, -0.25) is 14.5 Å². The van der Waals surface area contributed by atoms with Gasteiger partial charge in [0.2, 0.25) is 0 Å². The zero-order valence-corrected chi connectivity index (χ0v) is 29.0. The maximum Gasteiger partial charge on any atom is 0.341 e. The maximum atomic E-state index is 15.5. The Kier molecular flexibility index (Phi) is 9.57. The molecule has 258 valence electrons. The van der Waals surface area contributed by atoms with Crippen LogP contribution in [0.15, 0.2) is 27.4 Å². The molecule has 1 aromatic heterocycles. The molecule has 0 radical (unpaired) electrons. The Bertz CT molecular complexity index is 1960. The first-order valence-electron chi connectivity index (χ1n) is 15.9. The molecule has 2 amide bonds. The SMILES string of the molecule is COC[C@H]1CN(c2cc(C)c3c4c(c(=O)oc3c2C)CN(C(=O)c2ccc(C(=O)NS(=O)(=O)N3CCCC3)c(Cl)c2F)CC4)CCN1C. The third-order valence-electron chi connectivity index (χ3n) is 9.74. The molecule has 2 saturated heterocycles. The van der Waals surface area contributed by atoms with Crippen LogP contribution in [0.2, 0.25) is 5.02 Å². The van der Waals surface area contributed by atoms with Gasteiger partial charge in [0.25, 0.3) is 11.8 Å². The van der Waals surface area contributed by atoms with Gasteiger partial charge in [-0.25, -0.2) is 13.9 Å². The number of hydrogen-bond donors (Lipinski definition) is 1. The molecule has 0 aliphatic carbocycles. The molecule has 1 N–H and O–H groups in total. The fraction of sp³-hybridized carbons (Fsp3) is 0.485. The Balaban J connectivity index is 1.25. The van der Waals surface area contributed by atoms with E-state index in [1.54, 1.807) is 7.11 Å². The second-order valence-corrected chi connectivity index (χ2v) is 14.8. The highest BCUT2D eigenvalue weighted by atomic mass is 35.5. The van der Waals surface area contributed by atoms with Crippen molar-refractivity contribution in [1.29, 1.82) is 0 Å². The van der Waals surface area contributed by atoms with Crippen molar-refractivity contribution in [1.82, 2.24) is 18.8 Å². The molecule has 15 heteroatoms. The normalized spacial score (nSPS) is 19.2. The number of nitrogens with zero attached hydrogens (tertiary/aromatic N) is 4. The van der Waals surface area contributed by atoms with Crippen LogP contribution >= 0.6 is 11.6 Å². The Labute approximate surface area is 283 Å². The topological polar surface area (TPSA) is 133 Å². The minimum atomic E-state index is -4.12. The summed E-state index contributed by atoms with van der Waals surface area (Å²) in [4.78, 5) is 45.7. The number of carbonyl (C=O) groups is 2. The van der Waals surface area contributed by atoms with Crippen molar-refractivity contribution in [3.05, 3.63) is 72.8 Å². The van der Waals surface area contributed by atoms with Gasteiger partial charge in [-0.2, -0.15) is 12.7 Å². The zero-order chi connectivity index (χ0) is 34.5. The van der Waals surface area contributed by atoms with Crippen LogP contribution in [0.3, 0.4) is 0 Å². The van der Waals surface area contributed by atoms with E-state index in [9.17, 15) is 22.8 Å².